The molecule has 0 radical (unpaired) electrons. The quantitative estimate of drug-likeness (QED) is 0.712. The van der Waals surface area contributed by atoms with E-state index in [1.165, 1.54) is 57.8 Å². The number of hydrogen-bond acceptors (Lipinski definition) is 2. The van der Waals surface area contributed by atoms with Crippen LogP contribution in [-0.2, 0) is 4.74 Å². The average molecular weight is 277 g/mol. The maximum Gasteiger partial charge on any atom is 0.0571 e. The van der Waals surface area contributed by atoms with Gasteiger partial charge in [-0.2, -0.15) is 0 Å². The first kappa shape index (κ1) is 14.0. The molecule has 2 fully saturated rings. The molecule has 2 aliphatic rings. The van der Waals surface area contributed by atoms with E-state index in [9.17, 15) is 0 Å². The molecule has 0 aromatic heterocycles. The fourth-order valence-corrected chi connectivity index (χ4v) is 5.35. The Balaban J connectivity index is 1.85. The van der Waals surface area contributed by atoms with Crippen LogP contribution in [0.15, 0.2) is 0 Å². The van der Waals surface area contributed by atoms with E-state index < -0.39 is 0 Å². The Bertz CT molecular complexity index is 210. The van der Waals surface area contributed by atoms with Crippen LogP contribution in [0.1, 0.15) is 57.8 Å². The van der Waals surface area contributed by atoms with Gasteiger partial charge < -0.3 is 4.74 Å². The largest absolute Gasteiger partial charge is 0.381 e. The van der Waals surface area contributed by atoms with Crippen LogP contribution in [0.2, 0.25) is 0 Å². The molecule has 0 amide bonds. The molecule has 0 bridgehead atoms. The van der Waals surface area contributed by atoms with Crippen molar-refractivity contribution < 1.29 is 4.74 Å². The summed E-state index contributed by atoms with van der Waals surface area (Å²) in [5.74, 6) is 1.72. The number of methoxy groups -OCH3 is 1. The lowest BCUT2D eigenvalue weighted by Crippen LogP contribution is -2.32. The highest BCUT2D eigenvalue weighted by Crippen LogP contribution is 2.43. The number of halogens is 1. The van der Waals surface area contributed by atoms with Crippen molar-refractivity contribution in [2.24, 2.45) is 11.8 Å². The fourth-order valence-electron chi connectivity index (χ4n) is 3.65. The SMILES string of the molecule is COC1CCC(C(SCl)C2CCCCC2)CC1. The lowest BCUT2D eigenvalue weighted by molar-refractivity contribution is 0.0531. The molecular weight excluding hydrogens is 252 g/mol. The molecular formula is C14H25ClOS. The molecule has 0 aromatic carbocycles. The Hall–Kier alpha value is 0.600. The van der Waals surface area contributed by atoms with Crippen LogP contribution in [-0.4, -0.2) is 18.5 Å². The van der Waals surface area contributed by atoms with Crippen molar-refractivity contribution >= 4 is 21.7 Å². The molecule has 0 spiro atoms. The molecule has 1 atom stereocenters. The molecule has 100 valence electrons. The van der Waals surface area contributed by atoms with E-state index >= 15 is 0 Å². The summed E-state index contributed by atoms with van der Waals surface area (Å²) < 4.78 is 5.46. The van der Waals surface area contributed by atoms with E-state index in [1.807, 2.05) is 7.11 Å². The van der Waals surface area contributed by atoms with E-state index in [0.717, 1.165) is 11.8 Å². The third-order valence-corrected chi connectivity index (χ3v) is 6.33. The first-order valence-electron chi connectivity index (χ1n) is 7.15. The van der Waals surface area contributed by atoms with E-state index in [2.05, 4.69) is 0 Å². The van der Waals surface area contributed by atoms with Crippen LogP contribution in [0.3, 0.4) is 0 Å². The summed E-state index contributed by atoms with van der Waals surface area (Å²) in [7, 11) is 9.66. The van der Waals surface area contributed by atoms with E-state index in [4.69, 9.17) is 15.4 Å². The summed E-state index contributed by atoms with van der Waals surface area (Å²) in [5, 5.41) is 0.703. The second kappa shape index (κ2) is 7.25. The zero-order chi connectivity index (χ0) is 12.1. The van der Waals surface area contributed by atoms with Gasteiger partial charge in [0.15, 0.2) is 0 Å². The second-order valence-corrected chi connectivity index (χ2v) is 6.98. The zero-order valence-electron chi connectivity index (χ0n) is 10.9. The first-order chi connectivity index (χ1) is 8.35. The molecule has 1 nitrogen and oxygen atoms in total. The fraction of sp³-hybridized carbons (Fsp3) is 1.00. The first-order valence-corrected chi connectivity index (χ1v) is 8.86. The zero-order valence-corrected chi connectivity index (χ0v) is 12.4. The molecule has 0 aliphatic heterocycles. The summed E-state index contributed by atoms with van der Waals surface area (Å²) in [6.07, 6.45) is 12.7. The highest BCUT2D eigenvalue weighted by molar-refractivity contribution is 8.21. The summed E-state index contributed by atoms with van der Waals surface area (Å²) in [5.41, 5.74) is 0. The van der Waals surface area contributed by atoms with Gasteiger partial charge in [-0.1, -0.05) is 30.2 Å². The summed E-state index contributed by atoms with van der Waals surface area (Å²) in [6, 6.07) is 0. The lowest BCUT2D eigenvalue weighted by atomic mass is 9.76. The van der Waals surface area contributed by atoms with Gasteiger partial charge in [-0.05, 0) is 61.0 Å². The van der Waals surface area contributed by atoms with Gasteiger partial charge in [0, 0.05) is 12.4 Å². The standard InChI is InChI=1S/C14H25ClOS/c1-16-13-9-7-12(8-10-13)14(17-15)11-5-3-2-4-6-11/h11-14H,2-10H2,1H3. The Morgan fingerprint density at radius 1 is 0.941 bits per heavy atom. The normalized spacial score (nSPS) is 33.5. The smallest absolute Gasteiger partial charge is 0.0571 e. The number of rotatable bonds is 4. The summed E-state index contributed by atoms with van der Waals surface area (Å²) >= 11 is 0. The van der Waals surface area contributed by atoms with E-state index in [-0.39, 0.29) is 0 Å². The van der Waals surface area contributed by atoms with Gasteiger partial charge in [0.25, 0.3) is 0 Å². The Kier molecular flexibility index (Phi) is 5.98. The van der Waals surface area contributed by atoms with Crippen LogP contribution in [0.4, 0.5) is 0 Å². The molecule has 1 unspecified atom stereocenters. The summed E-state index contributed by atoms with van der Waals surface area (Å²) in [6.45, 7) is 0. The average Bonchev–Trinajstić information content (AvgIpc) is 2.42. The van der Waals surface area contributed by atoms with E-state index in [0.29, 0.717) is 11.4 Å². The highest BCUT2D eigenvalue weighted by Gasteiger charge is 2.33. The Morgan fingerprint density at radius 2 is 1.53 bits per heavy atom. The van der Waals surface area contributed by atoms with Crippen LogP contribution >= 0.6 is 21.7 Å². The Morgan fingerprint density at radius 3 is 2.06 bits per heavy atom. The highest BCUT2D eigenvalue weighted by atomic mass is 35.7. The van der Waals surface area contributed by atoms with E-state index in [1.54, 1.807) is 11.0 Å². The maximum absolute atomic E-state index is 6.19. The minimum atomic E-state index is 0.513. The van der Waals surface area contributed by atoms with Gasteiger partial charge in [-0.25, -0.2) is 0 Å². The number of ether oxygens (including phenoxy) is 1. The minimum Gasteiger partial charge on any atom is -0.381 e. The van der Waals surface area contributed by atoms with Gasteiger partial charge in [0.2, 0.25) is 0 Å². The van der Waals surface area contributed by atoms with Gasteiger partial charge in [0.1, 0.15) is 0 Å². The third-order valence-electron chi connectivity index (χ3n) is 4.73. The minimum absolute atomic E-state index is 0.513. The molecule has 0 aromatic rings. The molecule has 0 N–H and O–H groups in total. The predicted molar refractivity (Wildman–Crippen MR) is 76.6 cm³/mol. The molecule has 0 heterocycles. The van der Waals surface area contributed by atoms with Crippen molar-refractivity contribution in [3.8, 4) is 0 Å². The third kappa shape index (κ3) is 3.78. The van der Waals surface area contributed by atoms with Crippen molar-refractivity contribution in [1.29, 1.82) is 0 Å². The van der Waals surface area contributed by atoms with Crippen molar-refractivity contribution in [2.45, 2.75) is 69.1 Å². The molecule has 2 aliphatic carbocycles. The van der Waals surface area contributed by atoms with Crippen LogP contribution in [0, 0.1) is 11.8 Å². The van der Waals surface area contributed by atoms with Crippen LogP contribution in [0.5, 0.6) is 0 Å². The van der Waals surface area contributed by atoms with Gasteiger partial charge >= 0.3 is 0 Å². The van der Waals surface area contributed by atoms with Crippen LogP contribution in [0.25, 0.3) is 0 Å². The molecule has 3 heteroatoms. The predicted octanol–water partition coefficient (Wildman–Crippen LogP) is 5.03. The van der Waals surface area contributed by atoms with Gasteiger partial charge in [-0.15, -0.1) is 0 Å². The Labute approximate surface area is 115 Å². The maximum atomic E-state index is 6.19. The van der Waals surface area contributed by atoms with Gasteiger partial charge in [0.05, 0.1) is 6.10 Å². The van der Waals surface area contributed by atoms with Crippen molar-refractivity contribution in [3.63, 3.8) is 0 Å². The molecule has 0 saturated heterocycles. The molecule has 2 rings (SSSR count). The van der Waals surface area contributed by atoms with Crippen molar-refractivity contribution in [1.82, 2.24) is 0 Å². The summed E-state index contributed by atoms with van der Waals surface area (Å²) in [4.78, 5) is 0. The van der Waals surface area contributed by atoms with Crippen LogP contribution < -0.4 is 0 Å². The molecule has 2 saturated carbocycles. The van der Waals surface area contributed by atoms with Gasteiger partial charge in [-0.3, -0.25) is 0 Å². The van der Waals surface area contributed by atoms with Crippen molar-refractivity contribution in [3.05, 3.63) is 0 Å². The molecule has 17 heavy (non-hydrogen) atoms. The number of hydrogen-bond donors (Lipinski definition) is 0. The van der Waals surface area contributed by atoms with Crippen molar-refractivity contribution in [2.75, 3.05) is 7.11 Å². The topological polar surface area (TPSA) is 9.23 Å². The lowest BCUT2D eigenvalue weighted by Gasteiger charge is -2.37. The second-order valence-electron chi connectivity index (χ2n) is 5.72. The monoisotopic (exact) mass is 276 g/mol.